The Morgan fingerprint density at radius 3 is 2.52 bits per heavy atom. The molecule has 0 bridgehead atoms. The van der Waals surface area contributed by atoms with E-state index in [9.17, 15) is 0 Å². The fraction of sp³-hybridized carbons (Fsp3) is 0.0588. The predicted molar refractivity (Wildman–Crippen MR) is 93.8 cm³/mol. The van der Waals surface area contributed by atoms with E-state index in [-0.39, 0.29) is 0 Å². The van der Waals surface area contributed by atoms with Crippen LogP contribution in [0.4, 0.5) is 0 Å². The zero-order valence-corrected chi connectivity index (χ0v) is 14.3. The van der Waals surface area contributed by atoms with Crippen LogP contribution in [0.5, 0.6) is 11.5 Å². The van der Waals surface area contributed by atoms with Crippen LogP contribution in [0.2, 0.25) is 0 Å². The number of hydrogen-bond acceptors (Lipinski definition) is 2. The molecule has 3 aromatic rings. The van der Waals surface area contributed by atoms with Gasteiger partial charge in [-0.05, 0) is 50.5 Å². The molecule has 0 amide bonds. The number of nitrogens with two attached hydrogens (primary N) is 1. The molecule has 0 aliphatic heterocycles. The molecule has 0 atom stereocenters. The summed E-state index contributed by atoms with van der Waals surface area (Å²) in [7, 11) is 0. The van der Waals surface area contributed by atoms with Crippen LogP contribution in [0.25, 0.3) is 10.8 Å². The van der Waals surface area contributed by atoms with Gasteiger partial charge in [-0.15, -0.1) is 0 Å². The maximum Gasteiger partial charge on any atom is 0.142 e. The summed E-state index contributed by atoms with van der Waals surface area (Å²) in [6.07, 6.45) is 0. The lowest BCUT2D eigenvalue weighted by Gasteiger charge is -2.11. The Bertz CT molecular complexity index is 802. The van der Waals surface area contributed by atoms with E-state index in [1.54, 1.807) is 0 Å². The van der Waals surface area contributed by atoms with Crippen molar-refractivity contribution in [2.75, 3.05) is 0 Å². The summed E-state index contributed by atoms with van der Waals surface area (Å²) in [5.41, 5.74) is 6.72. The first-order valence-corrected chi connectivity index (χ1v) is 8.11. The van der Waals surface area contributed by atoms with Crippen LogP contribution >= 0.6 is 31.9 Å². The van der Waals surface area contributed by atoms with E-state index in [0.29, 0.717) is 6.54 Å². The second-order valence-corrected chi connectivity index (χ2v) is 6.31. The molecule has 0 heterocycles. The molecule has 3 aromatic carbocycles. The first kappa shape index (κ1) is 14.6. The fourth-order valence-corrected chi connectivity index (χ4v) is 3.27. The molecule has 0 unspecified atom stereocenters. The van der Waals surface area contributed by atoms with Crippen LogP contribution in [-0.4, -0.2) is 0 Å². The van der Waals surface area contributed by atoms with E-state index >= 15 is 0 Å². The van der Waals surface area contributed by atoms with Crippen LogP contribution in [0.3, 0.4) is 0 Å². The van der Waals surface area contributed by atoms with E-state index in [0.717, 1.165) is 31.4 Å². The van der Waals surface area contributed by atoms with Gasteiger partial charge in [0.2, 0.25) is 0 Å². The van der Waals surface area contributed by atoms with Crippen molar-refractivity contribution in [2.24, 2.45) is 5.73 Å². The Hall–Kier alpha value is -1.36. The zero-order valence-electron chi connectivity index (χ0n) is 11.1. The smallest absolute Gasteiger partial charge is 0.142 e. The highest BCUT2D eigenvalue weighted by molar-refractivity contribution is 9.11. The molecule has 0 saturated carbocycles. The summed E-state index contributed by atoms with van der Waals surface area (Å²) in [5.74, 6) is 1.57. The average molecular weight is 407 g/mol. The molecule has 2 N–H and O–H groups in total. The number of ether oxygens (including phenoxy) is 1. The van der Waals surface area contributed by atoms with Gasteiger partial charge in [0.15, 0.2) is 0 Å². The Morgan fingerprint density at radius 1 is 0.952 bits per heavy atom. The maximum atomic E-state index is 5.98. The van der Waals surface area contributed by atoms with Gasteiger partial charge in [0.25, 0.3) is 0 Å². The van der Waals surface area contributed by atoms with Crippen molar-refractivity contribution >= 4 is 42.6 Å². The lowest BCUT2D eigenvalue weighted by atomic mass is 10.1. The van der Waals surface area contributed by atoms with Crippen LogP contribution in [0, 0.1) is 0 Å². The van der Waals surface area contributed by atoms with Crippen LogP contribution in [0.15, 0.2) is 63.5 Å². The highest BCUT2D eigenvalue weighted by Gasteiger charge is 2.08. The molecule has 106 valence electrons. The van der Waals surface area contributed by atoms with E-state index in [1.165, 1.54) is 5.39 Å². The first-order valence-electron chi connectivity index (χ1n) is 6.52. The number of benzene rings is 3. The molecule has 0 aliphatic rings. The summed E-state index contributed by atoms with van der Waals surface area (Å²) < 4.78 is 7.90. The van der Waals surface area contributed by atoms with E-state index in [4.69, 9.17) is 10.5 Å². The number of halogens is 2. The minimum absolute atomic E-state index is 0.501. The normalized spacial score (nSPS) is 10.8. The molecule has 4 heteroatoms. The molecular weight excluding hydrogens is 394 g/mol. The summed E-state index contributed by atoms with van der Waals surface area (Å²) in [6, 6.07) is 18.0. The van der Waals surface area contributed by atoms with Crippen molar-refractivity contribution < 1.29 is 4.74 Å². The van der Waals surface area contributed by atoms with Crippen molar-refractivity contribution in [3.8, 4) is 11.5 Å². The molecular formula is C17H13Br2NO. The molecule has 0 aliphatic carbocycles. The SMILES string of the molecule is NCc1ccc(Oc2ccc3ccccc3c2Br)cc1Br. The Kier molecular flexibility index (Phi) is 4.29. The summed E-state index contributed by atoms with van der Waals surface area (Å²) in [5, 5.41) is 2.31. The maximum absolute atomic E-state index is 5.98. The largest absolute Gasteiger partial charge is 0.456 e. The van der Waals surface area contributed by atoms with Crippen molar-refractivity contribution in [2.45, 2.75) is 6.54 Å². The highest BCUT2D eigenvalue weighted by atomic mass is 79.9. The standard InChI is InChI=1S/C17H13Br2NO/c18-15-9-13(7-5-12(15)10-20)21-16-8-6-11-3-1-2-4-14(11)17(16)19/h1-9H,10,20H2. The van der Waals surface area contributed by atoms with Crippen LogP contribution < -0.4 is 10.5 Å². The Morgan fingerprint density at radius 2 is 1.76 bits per heavy atom. The second-order valence-electron chi connectivity index (χ2n) is 4.66. The van der Waals surface area contributed by atoms with Gasteiger partial charge in [-0.25, -0.2) is 0 Å². The van der Waals surface area contributed by atoms with Gasteiger partial charge >= 0.3 is 0 Å². The monoisotopic (exact) mass is 405 g/mol. The quantitative estimate of drug-likeness (QED) is 0.612. The summed E-state index contributed by atoms with van der Waals surface area (Å²) >= 11 is 7.14. The minimum Gasteiger partial charge on any atom is -0.456 e. The van der Waals surface area contributed by atoms with Crippen molar-refractivity contribution in [1.82, 2.24) is 0 Å². The van der Waals surface area contributed by atoms with Gasteiger partial charge in [-0.2, -0.15) is 0 Å². The van der Waals surface area contributed by atoms with Gasteiger partial charge in [-0.3, -0.25) is 0 Å². The van der Waals surface area contributed by atoms with Crippen molar-refractivity contribution in [1.29, 1.82) is 0 Å². The zero-order chi connectivity index (χ0) is 14.8. The summed E-state index contributed by atoms with van der Waals surface area (Å²) in [6.45, 7) is 0.501. The molecule has 2 nitrogen and oxygen atoms in total. The number of hydrogen-bond donors (Lipinski definition) is 1. The van der Waals surface area contributed by atoms with E-state index in [2.05, 4.69) is 50.1 Å². The third-order valence-electron chi connectivity index (χ3n) is 3.30. The molecule has 0 spiro atoms. The van der Waals surface area contributed by atoms with Crippen LogP contribution in [0.1, 0.15) is 5.56 Å². The van der Waals surface area contributed by atoms with Crippen LogP contribution in [-0.2, 0) is 6.54 Å². The predicted octanol–water partition coefficient (Wildman–Crippen LogP) is 5.62. The lowest BCUT2D eigenvalue weighted by Crippen LogP contribution is -1.97. The molecule has 0 radical (unpaired) electrons. The van der Waals surface area contributed by atoms with E-state index in [1.807, 2.05) is 36.4 Å². The molecule has 21 heavy (non-hydrogen) atoms. The Balaban J connectivity index is 1.98. The number of rotatable bonds is 3. The average Bonchev–Trinajstić information content (AvgIpc) is 2.51. The first-order chi connectivity index (χ1) is 10.2. The van der Waals surface area contributed by atoms with Gasteiger partial charge in [-0.1, -0.05) is 52.3 Å². The van der Waals surface area contributed by atoms with Crippen molar-refractivity contribution in [3.63, 3.8) is 0 Å². The van der Waals surface area contributed by atoms with E-state index < -0.39 is 0 Å². The Labute approximate surface area is 140 Å². The topological polar surface area (TPSA) is 35.2 Å². The highest BCUT2D eigenvalue weighted by Crippen LogP contribution is 2.36. The van der Waals surface area contributed by atoms with Crippen molar-refractivity contribution in [3.05, 3.63) is 69.1 Å². The lowest BCUT2D eigenvalue weighted by molar-refractivity contribution is 0.480. The van der Waals surface area contributed by atoms with Gasteiger partial charge in [0, 0.05) is 11.0 Å². The number of fused-ring (bicyclic) bond motifs is 1. The minimum atomic E-state index is 0.501. The second kappa shape index (κ2) is 6.18. The fourth-order valence-electron chi connectivity index (χ4n) is 2.18. The third kappa shape index (κ3) is 2.98. The molecule has 3 rings (SSSR count). The van der Waals surface area contributed by atoms with Gasteiger partial charge in [0.1, 0.15) is 11.5 Å². The molecule has 0 saturated heterocycles. The summed E-state index contributed by atoms with van der Waals surface area (Å²) in [4.78, 5) is 0. The molecule has 0 aromatic heterocycles. The third-order valence-corrected chi connectivity index (χ3v) is 4.86. The molecule has 0 fully saturated rings. The van der Waals surface area contributed by atoms with Gasteiger partial charge < -0.3 is 10.5 Å². The van der Waals surface area contributed by atoms with Gasteiger partial charge in [0.05, 0.1) is 4.47 Å².